The second-order valence-electron chi connectivity index (χ2n) is 7.09. The fourth-order valence-corrected chi connectivity index (χ4v) is 3.71. The van der Waals surface area contributed by atoms with Gasteiger partial charge in [-0.3, -0.25) is 0 Å². The molecule has 2 N–H and O–H groups in total. The molecule has 0 radical (unpaired) electrons. The molecule has 0 amide bonds. The smallest absolute Gasteiger partial charge is 0.340 e. The molecule has 0 aliphatic carbocycles. The van der Waals surface area contributed by atoms with E-state index in [0.29, 0.717) is 22.6 Å². The third-order valence-corrected chi connectivity index (χ3v) is 5.12. The number of benzene rings is 3. The minimum absolute atomic E-state index is 0.0563. The van der Waals surface area contributed by atoms with Crippen LogP contribution in [-0.4, -0.2) is 16.2 Å². The topological polar surface area (TPSA) is 66.8 Å². The lowest BCUT2D eigenvalue weighted by atomic mass is 9.79. The van der Waals surface area contributed by atoms with Crippen molar-refractivity contribution in [3.8, 4) is 11.5 Å². The first-order chi connectivity index (χ1) is 12.9. The summed E-state index contributed by atoms with van der Waals surface area (Å²) in [6.45, 7) is 4.23. The molecule has 0 fully saturated rings. The summed E-state index contributed by atoms with van der Waals surface area (Å²) < 4.78 is 5.93. The molecule has 0 aromatic heterocycles. The summed E-state index contributed by atoms with van der Waals surface area (Å²) in [6, 6.07) is 19.4. The lowest BCUT2D eigenvalue weighted by Crippen LogP contribution is -2.29. The SMILES string of the molecule is CC(C)c1ccc(C2(c3ccc(O)cc3O)OC(=O)c3ccccc32)cc1. The van der Waals surface area contributed by atoms with Crippen LogP contribution in [0.5, 0.6) is 11.5 Å². The number of rotatable bonds is 3. The third kappa shape index (κ3) is 2.56. The van der Waals surface area contributed by atoms with Crippen molar-refractivity contribution in [3.63, 3.8) is 0 Å². The van der Waals surface area contributed by atoms with E-state index in [1.807, 2.05) is 36.4 Å². The number of esters is 1. The molecule has 1 atom stereocenters. The second kappa shape index (κ2) is 6.16. The van der Waals surface area contributed by atoms with E-state index in [0.717, 1.165) is 5.56 Å². The normalized spacial score (nSPS) is 18.4. The van der Waals surface area contributed by atoms with E-state index in [4.69, 9.17) is 4.74 Å². The van der Waals surface area contributed by atoms with Gasteiger partial charge in [-0.2, -0.15) is 0 Å². The first-order valence-corrected chi connectivity index (χ1v) is 8.89. The lowest BCUT2D eigenvalue weighted by molar-refractivity contribution is 0.0245. The Morgan fingerprint density at radius 2 is 1.59 bits per heavy atom. The Hall–Kier alpha value is -3.27. The molecule has 3 aromatic rings. The number of carbonyl (C=O) groups is 1. The van der Waals surface area contributed by atoms with Crippen molar-refractivity contribution in [2.45, 2.75) is 25.4 Å². The van der Waals surface area contributed by atoms with Crippen LogP contribution < -0.4 is 0 Å². The average molecular weight is 360 g/mol. The molecule has 3 aromatic carbocycles. The van der Waals surface area contributed by atoms with Crippen molar-refractivity contribution in [2.24, 2.45) is 0 Å². The van der Waals surface area contributed by atoms with E-state index in [1.165, 1.54) is 17.7 Å². The van der Waals surface area contributed by atoms with Crippen LogP contribution in [0.1, 0.15) is 52.4 Å². The quantitative estimate of drug-likeness (QED) is 0.665. The standard InChI is InChI=1S/C23H20O4/c1-14(2)15-7-9-16(10-8-15)23(20-12-11-17(24)13-21(20)25)19-6-4-3-5-18(19)22(26)27-23/h3-14,24-25H,1-2H3. The molecular formula is C23H20O4. The molecule has 4 heteroatoms. The Labute approximate surface area is 157 Å². The zero-order valence-electron chi connectivity index (χ0n) is 15.1. The summed E-state index contributed by atoms with van der Waals surface area (Å²) in [5.74, 6) is -0.256. The summed E-state index contributed by atoms with van der Waals surface area (Å²) >= 11 is 0. The van der Waals surface area contributed by atoms with Crippen LogP contribution in [-0.2, 0) is 10.3 Å². The van der Waals surface area contributed by atoms with Crippen molar-refractivity contribution in [3.05, 3.63) is 94.5 Å². The van der Waals surface area contributed by atoms with Gasteiger partial charge in [-0.15, -0.1) is 0 Å². The highest BCUT2D eigenvalue weighted by atomic mass is 16.6. The summed E-state index contributed by atoms with van der Waals surface area (Å²) in [5.41, 5.74) is 2.20. The van der Waals surface area contributed by atoms with Crippen LogP contribution in [0.3, 0.4) is 0 Å². The van der Waals surface area contributed by atoms with Crippen molar-refractivity contribution in [1.82, 2.24) is 0 Å². The van der Waals surface area contributed by atoms with Gasteiger partial charge in [0.1, 0.15) is 11.5 Å². The number of hydrogen-bond acceptors (Lipinski definition) is 4. The van der Waals surface area contributed by atoms with Crippen molar-refractivity contribution < 1.29 is 19.7 Å². The third-order valence-electron chi connectivity index (χ3n) is 5.12. The van der Waals surface area contributed by atoms with Gasteiger partial charge < -0.3 is 14.9 Å². The number of hydrogen-bond donors (Lipinski definition) is 2. The van der Waals surface area contributed by atoms with Crippen molar-refractivity contribution in [2.75, 3.05) is 0 Å². The largest absolute Gasteiger partial charge is 0.508 e. The van der Waals surface area contributed by atoms with Crippen LogP contribution in [0.25, 0.3) is 0 Å². The fourth-order valence-electron chi connectivity index (χ4n) is 3.71. The van der Waals surface area contributed by atoms with Gasteiger partial charge in [0.2, 0.25) is 0 Å². The van der Waals surface area contributed by atoms with E-state index < -0.39 is 11.6 Å². The van der Waals surface area contributed by atoms with Crippen LogP contribution in [0, 0.1) is 0 Å². The van der Waals surface area contributed by atoms with E-state index in [9.17, 15) is 15.0 Å². The van der Waals surface area contributed by atoms with Crippen LogP contribution in [0.2, 0.25) is 0 Å². The van der Waals surface area contributed by atoms with Gasteiger partial charge in [0.05, 0.1) is 5.56 Å². The predicted octanol–water partition coefficient (Wildman–Crippen LogP) is 4.68. The Bertz CT molecular complexity index is 1020. The zero-order chi connectivity index (χ0) is 19.2. The minimum atomic E-state index is -1.26. The Kier molecular flexibility index (Phi) is 3.92. The van der Waals surface area contributed by atoms with Crippen LogP contribution in [0.4, 0.5) is 0 Å². The number of fused-ring (bicyclic) bond motifs is 1. The molecule has 27 heavy (non-hydrogen) atoms. The molecule has 0 bridgehead atoms. The monoisotopic (exact) mass is 360 g/mol. The summed E-state index contributed by atoms with van der Waals surface area (Å²) in [5, 5.41) is 20.3. The van der Waals surface area contributed by atoms with E-state index in [1.54, 1.807) is 18.2 Å². The number of aromatic hydroxyl groups is 2. The number of phenolic OH excluding ortho intramolecular Hbond substituents is 2. The van der Waals surface area contributed by atoms with Crippen molar-refractivity contribution >= 4 is 5.97 Å². The number of cyclic esters (lactones) is 1. The van der Waals surface area contributed by atoms with E-state index in [-0.39, 0.29) is 11.5 Å². The summed E-state index contributed by atoms with van der Waals surface area (Å²) in [6.07, 6.45) is 0. The molecule has 0 saturated heterocycles. The minimum Gasteiger partial charge on any atom is -0.508 e. The van der Waals surface area contributed by atoms with Gasteiger partial charge in [0.25, 0.3) is 0 Å². The molecule has 0 spiro atoms. The van der Waals surface area contributed by atoms with Crippen molar-refractivity contribution in [1.29, 1.82) is 0 Å². The van der Waals surface area contributed by atoms with Gasteiger partial charge in [-0.25, -0.2) is 4.79 Å². The van der Waals surface area contributed by atoms with E-state index in [2.05, 4.69) is 13.8 Å². The second-order valence-corrected chi connectivity index (χ2v) is 7.09. The maximum absolute atomic E-state index is 12.6. The molecule has 1 heterocycles. The highest BCUT2D eigenvalue weighted by Gasteiger charge is 2.49. The average Bonchev–Trinajstić information content (AvgIpc) is 2.96. The first kappa shape index (κ1) is 17.2. The van der Waals surface area contributed by atoms with Gasteiger partial charge in [0, 0.05) is 22.8 Å². The molecular weight excluding hydrogens is 340 g/mol. The Morgan fingerprint density at radius 1 is 0.889 bits per heavy atom. The Morgan fingerprint density at radius 3 is 2.26 bits per heavy atom. The molecule has 4 nitrogen and oxygen atoms in total. The highest BCUT2D eigenvalue weighted by molar-refractivity contribution is 5.96. The summed E-state index contributed by atoms with van der Waals surface area (Å²) in [7, 11) is 0. The fraction of sp³-hybridized carbons (Fsp3) is 0.174. The van der Waals surface area contributed by atoms with Crippen LogP contribution >= 0.6 is 0 Å². The maximum Gasteiger partial charge on any atom is 0.340 e. The lowest BCUT2D eigenvalue weighted by Gasteiger charge is -2.31. The molecule has 4 rings (SSSR count). The highest BCUT2D eigenvalue weighted by Crippen LogP contribution is 2.50. The number of phenols is 2. The first-order valence-electron chi connectivity index (χ1n) is 8.89. The molecule has 0 saturated carbocycles. The summed E-state index contributed by atoms with van der Waals surface area (Å²) in [4.78, 5) is 12.6. The molecule has 136 valence electrons. The number of ether oxygens (including phenoxy) is 1. The van der Waals surface area contributed by atoms with Crippen LogP contribution in [0.15, 0.2) is 66.7 Å². The van der Waals surface area contributed by atoms with Gasteiger partial charge in [0.15, 0.2) is 5.60 Å². The van der Waals surface area contributed by atoms with Gasteiger partial charge in [-0.1, -0.05) is 56.3 Å². The number of carbonyl (C=O) groups excluding carboxylic acids is 1. The molecule has 1 aliphatic rings. The van der Waals surface area contributed by atoms with Gasteiger partial charge >= 0.3 is 5.97 Å². The zero-order valence-corrected chi connectivity index (χ0v) is 15.1. The Balaban J connectivity index is 2.01. The molecule has 1 unspecified atom stereocenters. The van der Waals surface area contributed by atoms with E-state index >= 15 is 0 Å². The van der Waals surface area contributed by atoms with Gasteiger partial charge in [-0.05, 0) is 29.7 Å². The molecule has 1 aliphatic heterocycles. The maximum atomic E-state index is 12.6. The predicted molar refractivity (Wildman–Crippen MR) is 102 cm³/mol.